The highest BCUT2D eigenvalue weighted by molar-refractivity contribution is 8.01. The molecule has 44 heavy (non-hydrogen) atoms. The van der Waals surface area contributed by atoms with E-state index in [0.29, 0.717) is 5.25 Å². The summed E-state index contributed by atoms with van der Waals surface area (Å²) < 4.78 is 0.251. The summed E-state index contributed by atoms with van der Waals surface area (Å²) in [5.74, 6) is 1.18. The molecule has 0 radical (unpaired) electrons. The van der Waals surface area contributed by atoms with Crippen molar-refractivity contribution in [2.24, 2.45) is 5.41 Å². The van der Waals surface area contributed by atoms with Gasteiger partial charge in [-0.3, -0.25) is 0 Å². The monoisotopic (exact) mass is 653 g/mol. The lowest BCUT2D eigenvalue weighted by Gasteiger charge is -2.47. The van der Waals surface area contributed by atoms with Crippen molar-refractivity contribution >= 4 is 24.4 Å². The molecule has 0 saturated heterocycles. The van der Waals surface area contributed by atoms with Crippen LogP contribution in [0.1, 0.15) is 233 Å². The fourth-order valence-electron chi connectivity index (χ4n) is 8.69. The normalized spacial score (nSPS) is 32.2. The second-order valence-corrected chi connectivity index (χ2v) is 18.4. The summed E-state index contributed by atoms with van der Waals surface area (Å²) in [4.78, 5) is 0. The average molecular weight is 653 g/mol. The number of rotatable bonds is 3. The van der Waals surface area contributed by atoms with E-state index >= 15 is 0 Å². The highest BCUT2D eigenvalue weighted by atomic mass is 32.2. The molecule has 0 spiro atoms. The molecule has 2 aliphatic carbocycles. The molecule has 262 valence electrons. The van der Waals surface area contributed by atoms with Crippen LogP contribution in [0.3, 0.4) is 0 Å². The van der Waals surface area contributed by atoms with Gasteiger partial charge >= 0.3 is 0 Å². The van der Waals surface area contributed by atoms with Gasteiger partial charge in [0.25, 0.3) is 0 Å². The third kappa shape index (κ3) is 16.7. The quantitative estimate of drug-likeness (QED) is 0.296. The standard InChI is InChI=1S/C41H80OS2/c1-4-44-40(3)35-29-25-21-17-13-9-6-10-14-18-22-26-30-36-41(42,37-31-32-38(40)43)39(2)33-27-23-19-15-11-7-5-8-12-16-20-24-28-34-39/h38,42-43H,4-37H2,1-3H3. The number of thiol groups is 1. The number of hydrogen-bond acceptors (Lipinski definition) is 3. The van der Waals surface area contributed by atoms with Gasteiger partial charge in [0.15, 0.2) is 0 Å². The molecular weight excluding hydrogens is 573 g/mol. The molecule has 3 unspecified atom stereocenters. The van der Waals surface area contributed by atoms with Gasteiger partial charge in [-0.15, -0.1) is 0 Å². The highest BCUT2D eigenvalue weighted by Gasteiger charge is 2.45. The van der Waals surface area contributed by atoms with Gasteiger partial charge in [0.05, 0.1) is 5.60 Å². The molecule has 0 heterocycles. The van der Waals surface area contributed by atoms with Crippen LogP contribution in [0.25, 0.3) is 0 Å². The van der Waals surface area contributed by atoms with Crippen LogP contribution < -0.4 is 0 Å². The Balaban J connectivity index is 2.14. The molecular formula is C41H80OS2. The molecule has 2 rings (SSSR count). The van der Waals surface area contributed by atoms with E-state index in [0.717, 1.165) is 25.7 Å². The van der Waals surface area contributed by atoms with Gasteiger partial charge < -0.3 is 5.11 Å². The van der Waals surface area contributed by atoms with Crippen LogP contribution in [0.4, 0.5) is 0 Å². The van der Waals surface area contributed by atoms with Crippen LogP contribution in [-0.2, 0) is 0 Å². The Hall–Kier alpha value is 0.660. The van der Waals surface area contributed by atoms with E-state index in [1.54, 1.807) is 0 Å². The van der Waals surface area contributed by atoms with E-state index in [4.69, 9.17) is 12.6 Å². The van der Waals surface area contributed by atoms with E-state index < -0.39 is 5.60 Å². The van der Waals surface area contributed by atoms with Gasteiger partial charge in [-0.1, -0.05) is 181 Å². The van der Waals surface area contributed by atoms with E-state index in [9.17, 15) is 5.11 Å². The SMILES string of the molecule is CCSC1(C)CCCCCCCCCCCCCCCC(O)(C2(C)CCCCCCCCCCCCCCC2)CCCC1S. The molecule has 2 saturated carbocycles. The van der Waals surface area contributed by atoms with Gasteiger partial charge in [0.1, 0.15) is 0 Å². The zero-order chi connectivity index (χ0) is 31.8. The lowest BCUT2D eigenvalue weighted by Crippen LogP contribution is -2.47. The first kappa shape index (κ1) is 40.8. The molecule has 3 atom stereocenters. The molecule has 0 bridgehead atoms. The van der Waals surface area contributed by atoms with Crippen molar-refractivity contribution < 1.29 is 5.11 Å². The summed E-state index contributed by atoms with van der Waals surface area (Å²) in [5, 5.41) is 13.2. The highest BCUT2D eigenvalue weighted by Crippen LogP contribution is 2.48. The van der Waals surface area contributed by atoms with Crippen LogP contribution in [0.2, 0.25) is 0 Å². The topological polar surface area (TPSA) is 20.2 Å². The van der Waals surface area contributed by atoms with Crippen molar-refractivity contribution in [3.05, 3.63) is 0 Å². The van der Waals surface area contributed by atoms with E-state index in [2.05, 4.69) is 32.5 Å². The number of thioether (sulfide) groups is 1. The second kappa shape index (κ2) is 24.7. The Morgan fingerprint density at radius 1 is 0.477 bits per heavy atom. The smallest absolute Gasteiger partial charge is 0.0701 e. The summed E-state index contributed by atoms with van der Waals surface area (Å²) in [7, 11) is 0. The lowest BCUT2D eigenvalue weighted by molar-refractivity contribution is -0.102. The molecule has 2 aliphatic rings. The van der Waals surface area contributed by atoms with E-state index in [1.807, 2.05) is 0 Å². The molecule has 0 aromatic rings. The molecule has 0 aliphatic heterocycles. The van der Waals surface area contributed by atoms with Gasteiger partial charge in [0.2, 0.25) is 0 Å². The van der Waals surface area contributed by atoms with Crippen molar-refractivity contribution in [2.45, 2.75) is 248 Å². The Morgan fingerprint density at radius 3 is 1.14 bits per heavy atom. The van der Waals surface area contributed by atoms with Crippen molar-refractivity contribution in [1.82, 2.24) is 0 Å². The maximum atomic E-state index is 12.8. The minimum absolute atomic E-state index is 0.0485. The first-order chi connectivity index (χ1) is 21.4. The molecule has 1 N–H and O–H groups in total. The second-order valence-electron chi connectivity index (χ2n) is 15.9. The Labute approximate surface area is 287 Å². The van der Waals surface area contributed by atoms with Gasteiger partial charge in [-0.05, 0) is 63.0 Å². The van der Waals surface area contributed by atoms with Crippen LogP contribution in [0, 0.1) is 5.41 Å². The Kier molecular flexibility index (Phi) is 23.0. The predicted molar refractivity (Wildman–Crippen MR) is 205 cm³/mol. The molecule has 0 aromatic heterocycles. The zero-order valence-corrected chi connectivity index (χ0v) is 32.1. The minimum atomic E-state index is -0.529. The molecule has 3 heteroatoms. The average Bonchev–Trinajstić information content (AvgIpc) is 3.00. The first-order valence-electron chi connectivity index (χ1n) is 20.4. The summed E-state index contributed by atoms with van der Waals surface area (Å²) in [6.07, 6.45) is 44.1. The zero-order valence-electron chi connectivity index (χ0n) is 30.4. The first-order valence-corrected chi connectivity index (χ1v) is 21.9. The Bertz CT molecular complexity index is 651. The van der Waals surface area contributed by atoms with Gasteiger partial charge in [-0.25, -0.2) is 0 Å². The van der Waals surface area contributed by atoms with Crippen LogP contribution >= 0.6 is 24.4 Å². The van der Waals surface area contributed by atoms with Crippen molar-refractivity contribution in [3.8, 4) is 0 Å². The fourth-order valence-corrected chi connectivity index (χ4v) is 10.5. The Morgan fingerprint density at radius 2 is 0.773 bits per heavy atom. The van der Waals surface area contributed by atoms with Crippen LogP contribution in [0.15, 0.2) is 0 Å². The molecule has 2 fully saturated rings. The fraction of sp³-hybridized carbons (Fsp3) is 1.00. The summed E-state index contributed by atoms with van der Waals surface area (Å²) in [6.45, 7) is 7.35. The maximum Gasteiger partial charge on any atom is 0.0701 e. The van der Waals surface area contributed by atoms with Gasteiger partial charge in [0, 0.05) is 10.00 Å². The summed E-state index contributed by atoms with van der Waals surface area (Å²) in [6, 6.07) is 0. The van der Waals surface area contributed by atoms with Gasteiger partial charge in [-0.2, -0.15) is 24.4 Å². The maximum absolute atomic E-state index is 12.8. The molecule has 0 aromatic carbocycles. The lowest BCUT2D eigenvalue weighted by atomic mass is 9.63. The minimum Gasteiger partial charge on any atom is -0.389 e. The largest absolute Gasteiger partial charge is 0.389 e. The van der Waals surface area contributed by atoms with Crippen LogP contribution in [0.5, 0.6) is 0 Å². The van der Waals surface area contributed by atoms with Crippen LogP contribution in [-0.4, -0.2) is 26.5 Å². The third-order valence-electron chi connectivity index (χ3n) is 12.1. The third-order valence-corrected chi connectivity index (χ3v) is 14.5. The summed E-state index contributed by atoms with van der Waals surface area (Å²) >= 11 is 7.46. The van der Waals surface area contributed by atoms with E-state index in [-0.39, 0.29) is 10.2 Å². The molecule has 1 nitrogen and oxygen atoms in total. The summed E-state index contributed by atoms with van der Waals surface area (Å²) in [5.41, 5.74) is -0.480. The van der Waals surface area contributed by atoms with Crippen molar-refractivity contribution in [3.63, 3.8) is 0 Å². The predicted octanol–water partition coefficient (Wildman–Crippen LogP) is 14.4. The van der Waals surface area contributed by atoms with E-state index in [1.165, 1.54) is 192 Å². The van der Waals surface area contributed by atoms with Crippen molar-refractivity contribution in [2.75, 3.05) is 5.75 Å². The molecule has 0 amide bonds. The van der Waals surface area contributed by atoms with Crippen molar-refractivity contribution in [1.29, 1.82) is 0 Å². The number of hydrogen-bond donors (Lipinski definition) is 2. The number of aliphatic hydroxyl groups is 1.